The maximum Gasteiger partial charge on any atom is 0.328 e. The quantitative estimate of drug-likeness (QED) is 0.241. The Balaban J connectivity index is 3.67. The van der Waals surface area contributed by atoms with Crippen LogP contribution in [0, 0.1) is 5.92 Å². The summed E-state index contributed by atoms with van der Waals surface area (Å²) >= 11 is 0. The molecule has 146 valence electrons. The molecule has 0 fully saturated rings. The van der Waals surface area contributed by atoms with E-state index in [-0.39, 0.29) is 5.92 Å². The number of carbonyl (C=O) groups is 2. The third-order valence-corrected chi connectivity index (χ3v) is 4.74. The molecule has 0 heterocycles. The summed E-state index contributed by atoms with van der Waals surface area (Å²) in [5.41, 5.74) is 1.09. The summed E-state index contributed by atoms with van der Waals surface area (Å²) < 4.78 is 0. The second kappa shape index (κ2) is 16.2. The van der Waals surface area contributed by atoms with Gasteiger partial charge in [-0.15, -0.1) is 0 Å². The van der Waals surface area contributed by atoms with Crippen molar-refractivity contribution in [3.8, 4) is 0 Å². The van der Waals surface area contributed by atoms with Crippen molar-refractivity contribution in [2.45, 2.75) is 104 Å². The average molecular weight is 355 g/mol. The Kier molecular flexibility index (Phi) is 15.3. The largest absolute Gasteiger partial charge is 0.481 e. The fourth-order valence-corrected chi connectivity index (χ4v) is 3.03. The molecule has 2 N–H and O–H groups in total. The Labute approximate surface area is 153 Å². The lowest BCUT2D eigenvalue weighted by molar-refractivity contribution is -0.141. The van der Waals surface area contributed by atoms with Gasteiger partial charge in [-0.05, 0) is 32.1 Å². The van der Waals surface area contributed by atoms with E-state index >= 15 is 0 Å². The number of unbranched alkanes of at least 4 members (excludes halogenated alkanes) is 9. The van der Waals surface area contributed by atoms with E-state index in [1.165, 1.54) is 44.6 Å². The van der Waals surface area contributed by atoms with Crippen molar-refractivity contribution in [3.05, 3.63) is 11.6 Å². The molecular weight excluding hydrogens is 316 g/mol. The molecule has 0 aromatic rings. The van der Waals surface area contributed by atoms with Crippen molar-refractivity contribution >= 4 is 11.9 Å². The smallest absolute Gasteiger partial charge is 0.328 e. The molecule has 0 aliphatic carbocycles. The Bertz CT molecular complexity index is 387. The van der Waals surface area contributed by atoms with Crippen LogP contribution < -0.4 is 0 Å². The van der Waals surface area contributed by atoms with Crippen LogP contribution in [0.5, 0.6) is 0 Å². The number of carboxylic acid groups (broad SMARTS) is 2. The first-order valence-electron chi connectivity index (χ1n) is 10.1. The fraction of sp³-hybridized carbons (Fsp3) is 0.810. The number of allylic oxidation sites excluding steroid dienone is 1. The van der Waals surface area contributed by atoms with E-state index < -0.39 is 11.9 Å². The third kappa shape index (κ3) is 15.9. The second-order valence-electron chi connectivity index (χ2n) is 7.20. The summed E-state index contributed by atoms with van der Waals surface area (Å²) in [6.07, 6.45) is 16.6. The van der Waals surface area contributed by atoms with E-state index in [1.807, 2.05) is 0 Å². The number of aliphatic carboxylic acids is 2. The van der Waals surface area contributed by atoms with Crippen LogP contribution in [0.15, 0.2) is 11.6 Å². The molecule has 0 saturated carbocycles. The lowest BCUT2D eigenvalue weighted by atomic mass is 9.99. The van der Waals surface area contributed by atoms with E-state index in [0.29, 0.717) is 0 Å². The summed E-state index contributed by atoms with van der Waals surface area (Å²) in [6, 6.07) is 0. The maximum absolute atomic E-state index is 10.9. The van der Waals surface area contributed by atoms with E-state index in [1.54, 1.807) is 6.92 Å². The molecule has 1 atom stereocenters. The lowest BCUT2D eigenvalue weighted by Gasteiger charge is -2.08. The summed E-state index contributed by atoms with van der Waals surface area (Å²) in [7, 11) is 0. The standard InChI is InChI=1S/C21H38O4/c1-3-4-5-12-15-19(17-20(22)23)16-13-10-8-6-7-9-11-14-18(2)21(24)25/h17-18H,3-16H2,1-2H3,(H,22,23)(H,24,25)/b19-17-. The van der Waals surface area contributed by atoms with Gasteiger partial charge in [-0.2, -0.15) is 0 Å². The first kappa shape index (κ1) is 23.7. The number of rotatable bonds is 17. The molecule has 25 heavy (non-hydrogen) atoms. The van der Waals surface area contributed by atoms with Crippen molar-refractivity contribution < 1.29 is 19.8 Å². The molecular formula is C21H38O4. The monoisotopic (exact) mass is 354 g/mol. The molecule has 0 aromatic heterocycles. The van der Waals surface area contributed by atoms with Crippen molar-refractivity contribution in [1.82, 2.24) is 0 Å². The minimum Gasteiger partial charge on any atom is -0.481 e. The van der Waals surface area contributed by atoms with E-state index in [0.717, 1.165) is 56.9 Å². The van der Waals surface area contributed by atoms with Crippen LogP contribution in [0.3, 0.4) is 0 Å². The van der Waals surface area contributed by atoms with Crippen molar-refractivity contribution in [3.63, 3.8) is 0 Å². The SMILES string of the molecule is CCCCCC/C(=C/C(=O)O)CCCCCCCCCC(C)C(=O)O. The van der Waals surface area contributed by atoms with Gasteiger partial charge in [0.25, 0.3) is 0 Å². The summed E-state index contributed by atoms with van der Waals surface area (Å²) in [4.78, 5) is 21.6. The maximum atomic E-state index is 10.9. The zero-order chi connectivity index (χ0) is 18.9. The van der Waals surface area contributed by atoms with Gasteiger partial charge in [0.05, 0.1) is 5.92 Å². The first-order chi connectivity index (χ1) is 12.0. The van der Waals surface area contributed by atoms with E-state index in [4.69, 9.17) is 10.2 Å². The Morgan fingerprint density at radius 2 is 1.28 bits per heavy atom. The molecule has 4 heteroatoms. The van der Waals surface area contributed by atoms with Crippen LogP contribution in [0.25, 0.3) is 0 Å². The highest BCUT2D eigenvalue weighted by Crippen LogP contribution is 2.18. The van der Waals surface area contributed by atoms with Crippen molar-refractivity contribution in [1.29, 1.82) is 0 Å². The fourth-order valence-electron chi connectivity index (χ4n) is 3.03. The average Bonchev–Trinajstić information content (AvgIpc) is 2.56. The number of carboxylic acids is 2. The van der Waals surface area contributed by atoms with Crippen molar-refractivity contribution in [2.75, 3.05) is 0 Å². The first-order valence-corrected chi connectivity index (χ1v) is 10.1. The molecule has 0 spiro atoms. The molecule has 0 bridgehead atoms. The Hall–Kier alpha value is -1.32. The molecule has 0 amide bonds. The molecule has 0 rings (SSSR count). The van der Waals surface area contributed by atoms with Crippen LogP contribution in [-0.2, 0) is 9.59 Å². The van der Waals surface area contributed by atoms with Crippen LogP contribution in [0.2, 0.25) is 0 Å². The van der Waals surface area contributed by atoms with Gasteiger partial charge in [-0.3, -0.25) is 4.79 Å². The minimum atomic E-state index is -0.818. The predicted octanol–water partition coefficient (Wildman–Crippen LogP) is 6.20. The van der Waals surface area contributed by atoms with Gasteiger partial charge >= 0.3 is 11.9 Å². The second-order valence-corrected chi connectivity index (χ2v) is 7.20. The zero-order valence-electron chi connectivity index (χ0n) is 16.3. The van der Waals surface area contributed by atoms with Gasteiger partial charge in [0.15, 0.2) is 0 Å². The lowest BCUT2D eigenvalue weighted by Crippen LogP contribution is -2.08. The van der Waals surface area contributed by atoms with Crippen molar-refractivity contribution in [2.24, 2.45) is 5.92 Å². The highest BCUT2D eigenvalue weighted by atomic mass is 16.4. The van der Waals surface area contributed by atoms with Crippen LogP contribution in [-0.4, -0.2) is 22.2 Å². The minimum absolute atomic E-state index is 0.225. The number of hydrogen-bond donors (Lipinski definition) is 2. The summed E-state index contributed by atoms with van der Waals surface area (Å²) in [5.74, 6) is -1.74. The van der Waals surface area contributed by atoms with Gasteiger partial charge in [0.2, 0.25) is 0 Å². The van der Waals surface area contributed by atoms with Crippen LogP contribution >= 0.6 is 0 Å². The molecule has 0 aliphatic heterocycles. The van der Waals surface area contributed by atoms with Crippen LogP contribution in [0.1, 0.15) is 104 Å². The summed E-state index contributed by atoms with van der Waals surface area (Å²) in [5, 5.41) is 17.8. The normalized spacial score (nSPS) is 13.0. The van der Waals surface area contributed by atoms with Gasteiger partial charge in [-0.1, -0.05) is 77.2 Å². The topological polar surface area (TPSA) is 74.6 Å². The molecule has 4 nitrogen and oxygen atoms in total. The predicted molar refractivity (Wildman–Crippen MR) is 103 cm³/mol. The summed E-state index contributed by atoms with van der Waals surface area (Å²) in [6.45, 7) is 3.95. The highest BCUT2D eigenvalue weighted by Gasteiger charge is 2.09. The highest BCUT2D eigenvalue weighted by molar-refractivity contribution is 5.80. The molecule has 0 saturated heterocycles. The molecule has 1 unspecified atom stereocenters. The third-order valence-electron chi connectivity index (χ3n) is 4.74. The number of hydrogen-bond acceptors (Lipinski definition) is 2. The van der Waals surface area contributed by atoms with E-state index in [9.17, 15) is 9.59 Å². The Morgan fingerprint density at radius 3 is 1.76 bits per heavy atom. The molecule has 0 radical (unpaired) electrons. The molecule has 0 aromatic carbocycles. The van der Waals surface area contributed by atoms with Gasteiger partial charge in [0.1, 0.15) is 0 Å². The van der Waals surface area contributed by atoms with Crippen LogP contribution in [0.4, 0.5) is 0 Å². The van der Waals surface area contributed by atoms with E-state index in [2.05, 4.69) is 6.92 Å². The molecule has 0 aliphatic rings. The zero-order valence-corrected chi connectivity index (χ0v) is 16.3. The Morgan fingerprint density at radius 1 is 0.800 bits per heavy atom. The van der Waals surface area contributed by atoms with Gasteiger partial charge in [0, 0.05) is 6.08 Å². The van der Waals surface area contributed by atoms with Gasteiger partial charge < -0.3 is 10.2 Å². The van der Waals surface area contributed by atoms with Gasteiger partial charge in [-0.25, -0.2) is 4.79 Å².